The van der Waals surface area contributed by atoms with Crippen molar-refractivity contribution in [2.24, 2.45) is 0 Å². The summed E-state index contributed by atoms with van der Waals surface area (Å²) in [4.78, 5) is 0. The van der Waals surface area contributed by atoms with Gasteiger partial charge in [-0.05, 0) is 25.1 Å². The van der Waals surface area contributed by atoms with Gasteiger partial charge in [0.2, 0.25) is 0 Å². The van der Waals surface area contributed by atoms with E-state index in [0.29, 0.717) is 6.42 Å². The van der Waals surface area contributed by atoms with Crippen molar-refractivity contribution < 1.29 is 14.6 Å². The van der Waals surface area contributed by atoms with Gasteiger partial charge in [0.15, 0.2) is 11.5 Å². The number of hydrogen-bond donors (Lipinski definition) is 2. The molecule has 0 aromatic heterocycles. The topological polar surface area (TPSA) is 50.7 Å². The number of fused-ring (bicyclic) bond motifs is 3. The second-order valence-corrected chi connectivity index (χ2v) is 6.93. The van der Waals surface area contributed by atoms with Gasteiger partial charge in [0, 0.05) is 23.0 Å². The van der Waals surface area contributed by atoms with Crippen LogP contribution in [0.4, 0.5) is 0 Å². The van der Waals surface area contributed by atoms with Crippen molar-refractivity contribution in [2.75, 3.05) is 13.7 Å². The zero-order chi connectivity index (χ0) is 15.9. The molecule has 1 aromatic rings. The van der Waals surface area contributed by atoms with Gasteiger partial charge in [-0.15, -0.1) is 0 Å². The molecule has 4 nitrogen and oxygen atoms in total. The first kappa shape index (κ1) is 15.8. The highest BCUT2D eigenvalue weighted by Crippen LogP contribution is 2.54. The number of aliphatic hydroxyl groups is 1. The van der Waals surface area contributed by atoms with Crippen LogP contribution in [-0.4, -0.2) is 31.0 Å². The maximum absolute atomic E-state index is 9.92. The molecule has 0 bridgehead atoms. The van der Waals surface area contributed by atoms with E-state index in [0.717, 1.165) is 34.6 Å². The van der Waals surface area contributed by atoms with Crippen molar-refractivity contribution in [1.29, 1.82) is 0 Å². The van der Waals surface area contributed by atoms with E-state index in [9.17, 15) is 5.11 Å². The Balaban J connectivity index is 2.17. The Kier molecular flexibility index (Phi) is 4.23. The van der Waals surface area contributed by atoms with Crippen molar-refractivity contribution in [3.63, 3.8) is 0 Å². The number of rotatable bonds is 4. The third-order valence-electron chi connectivity index (χ3n) is 4.66. The lowest BCUT2D eigenvalue weighted by Crippen LogP contribution is -2.40. The molecule has 2 aliphatic rings. The van der Waals surface area contributed by atoms with Gasteiger partial charge >= 0.3 is 0 Å². The summed E-state index contributed by atoms with van der Waals surface area (Å²) in [6.45, 7) is 5.94. The monoisotopic (exact) mass is 367 g/mol. The van der Waals surface area contributed by atoms with Crippen LogP contribution in [0.2, 0.25) is 0 Å². The Labute approximate surface area is 139 Å². The molecule has 0 radical (unpaired) electrons. The smallest absolute Gasteiger partial charge is 0.166 e. The molecule has 0 spiro atoms. The van der Waals surface area contributed by atoms with E-state index in [4.69, 9.17) is 9.47 Å². The fourth-order valence-corrected chi connectivity index (χ4v) is 3.97. The summed E-state index contributed by atoms with van der Waals surface area (Å²) in [5.41, 5.74) is 2.12. The summed E-state index contributed by atoms with van der Waals surface area (Å²) in [5, 5.41) is 13.3. The third kappa shape index (κ3) is 2.36. The highest BCUT2D eigenvalue weighted by molar-refractivity contribution is 9.10. The van der Waals surface area contributed by atoms with Gasteiger partial charge in [0.25, 0.3) is 0 Å². The van der Waals surface area contributed by atoms with Crippen LogP contribution in [0.3, 0.4) is 0 Å². The van der Waals surface area contributed by atoms with Crippen molar-refractivity contribution in [3.05, 3.63) is 33.8 Å². The molecule has 0 unspecified atom stereocenters. The molecule has 22 heavy (non-hydrogen) atoms. The van der Waals surface area contributed by atoms with Gasteiger partial charge < -0.3 is 19.9 Å². The van der Waals surface area contributed by atoms with Crippen molar-refractivity contribution in [3.8, 4) is 11.5 Å². The molecule has 0 fully saturated rings. The zero-order valence-corrected chi connectivity index (χ0v) is 14.7. The summed E-state index contributed by atoms with van der Waals surface area (Å²) in [5.74, 6) is 1.55. The molecule has 3 atom stereocenters. The van der Waals surface area contributed by atoms with E-state index in [1.54, 1.807) is 7.11 Å². The van der Waals surface area contributed by atoms with E-state index in [1.165, 1.54) is 5.56 Å². The molecular weight excluding hydrogens is 346 g/mol. The predicted octanol–water partition coefficient (Wildman–Crippen LogP) is 2.91. The molecule has 0 amide bonds. The van der Waals surface area contributed by atoms with Gasteiger partial charge in [-0.2, -0.15) is 0 Å². The number of hydrogen-bond acceptors (Lipinski definition) is 4. The molecule has 1 aliphatic heterocycles. The average molecular weight is 368 g/mol. The van der Waals surface area contributed by atoms with Crippen LogP contribution in [0.15, 0.2) is 22.7 Å². The number of ether oxygens (including phenoxy) is 2. The van der Waals surface area contributed by atoms with Crippen LogP contribution in [0, 0.1) is 0 Å². The van der Waals surface area contributed by atoms with Gasteiger partial charge in [0.1, 0.15) is 6.10 Å². The summed E-state index contributed by atoms with van der Waals surface area (Å²) < 4.78 is 12.7. The maximum Gasteiger partial charge on any atom is 0.166 e. The Morgan fingerprint density at radius 1 is 1.55 bits per heavy atom. The minimum Gasteiger partial charge on any atom is -0.493 e. The number of nitrogens with one attached hydrogen (secondary N) is 1. The first-order valence-corrected chi connectivity index (χ1v) is 8.45. The number of aliphatic hydroxyl groups excluding tert-OH is 1. The molecule has 1 aliphatic carbocycles. The lowest BCUT2D eigenvalue weighted by atomic mass is 9.72. The molecule has 0 saturated carbocycles. The Morgan fingerprint density at radius 2 is 2.32 bits per heavy atom. The molecule has 3 rings (SSSR count). The number of methoxy groups -OCH3 is 1. The fourth-order valence-electron chi connectivity index (χ4n) is 3.43. The van der Waals surface area contributed by atoms with Gasteiger partial charge in [0.05, 0.1) is 18.6 Å². The Morgan fingerprint density at radius 3 is 3.00 bits per heavy atom. The minimum absolute atomic E-state index is 0.0638. The van der Waals surface area contributed by atoms with Crippen LogP contribution in [0.5, 0.6) is 11.5 Å². The first-order chi connectivity index (χ1) is 10.5. The van der Waals surface area contributed by atoms with E-state index in [2.05, 4.69) is 41.2 Å². The van der Waals surface area contributed by atoms with Crippen LogP contribution in [0.1, 0.15) is 31.4 Å². The van der Waals surface area contributed by atoms with Crippen molar-refractivity contribution in [2.45, 2.75) is 44.4 Å². The SMILES string of the molecule is CCNCc1c(Br)cc(OC)c2c1[C@]1(C)C=C[C@H](O)C[C@@H]1O2. The van der Waals surface area contributed by atoms with Crippen LogP contribution >= 0.6 is 15.9 Å². The molecule has 0 saturated heterocycles. The van der Waals surface area contributed by atoms with Gasteiger partial charge in [-0.1, -0.05) is 35.0 Å². The average Bonchev–Trinajstić information content (AvgIpc) is 2.79. The highest BCUT2D eigenvalue weighted by atomic mass is 79.9. The summed E-state index contributed by atoms with van der Waals surface area (Å²) in [6, 6.07) is 1.96. The minimum atomic E-state index is -0.445. The molecule has 5 heteroatoms. The van der Waals surface area contributed by atoms with E-state index < -0.39 is 6.10 Å². The largest absolute Gasteiger partial charge is 0.493 e. The van der Waals surface area contributed by atoms with Gasteiger partial charge in [-0.25, -0.2) is 0 Å². The second-order valence-electron chi connectivity index (χ2n) is 6.08. The number of halogens is 1. The second kappa shape index (κ2) is 5.87. The maximum atomic E-state index is 9.92. The quantitative estimate of drug-likeness (QED) is 0.803. The normalized spacial score (nSPS) is 29.0. The van der Waals surface area contributed by atoms with Crippen molar-refractivity contribution >= 4 is 15.9 Å². The highest BCUT2D eigenvalue weighted by Gasteiger charge is 2.49. The molecule has 1 aromatic carbocycles. The summed E-state index contributed by atoms with van der Waals surface area (Å²) in [6.07, 6.45) is 4.05. The molecule has 1 heterocycles. The standard InChI is InChI=1S/C17H22BrNO3/c1-4-19-9-11-12(18)8-13(21-3)16-15(11)17(2)6-5-10(20)7-14(17)22-16/h5-6,8,10,14,19-20H,4,7,9H2,1-3H3/t10-,14-,17+/m0/s1. The van der Waals surface area contributed by atoms with E-state index in [1.807, 2.05) is 12.1 Å². The first-order valence-electron chi connectivity index (χ1n) is 7.66. The molecular formula is C17H22BrNO3. The molecule has 2 N–H and O–H groups in total. The lowest BCUT2D eigenvalue weighted by Gasteiger charge is -2.33. The molecule has 120 valence electrons. The van der Waals surface area contributed by atoms with E-state index >= 15 is 0 Å². The summed E-state index contributed by atoms with van der Waals surface area (Å²) >= 11 is 3.68. The van der Waals surface area contributed by atoms with Crippen LogP contribution in [-0.2, 0) is 12.0 Å². The van der Waals surface area contributed by atoms with Gasteiger partial charge in [-0.3, -0.25) is 0 Å². The van der Waals surface area contributed by atoms with Crippen LogP contribution in [0.25, 0.3) is 0 Å². The Hall–Kier alpha value is -1.04. The van der Waals surface area contributed by atoms with E-state index in [-0.39, 0.29) is 11.5 Å². The van der Waals surface area contributed by atoms with Crippen molar-refractivity contribution in [1.82, 2.24) is 5.32 Å². The lowest BCUT2D eigenvalue weighted by molar-refractivity contribution is 0.0932. The van der Waals surface area contributed by atoms with Crippen LogP contribution < -0.4 is 14.8 Å². The number of benzene rings is 1. The predicted molar refractivity (Wildman–Crippen MR) is 89.6 cm³/mol. The fraction of sp³-hybridized carbons (Fsp3) is 0.529. The third-order valence-corrected chi connectivity index (χ3v) is 5.37. The Bertz CT molecular complexity index is 616. The summed E-state index contributed by atoms with van der Waals surface area (Å²) in [7, 11) is 1.66. The zero-order valence-electron chi connectivity index (χ0n) is 13.1.